The van der Waals surface area contributed by atoms with E-state index in [0.717, 1.165) is 5.41 Å². The van der Waals surface area contributed by atoms with Crippen LogP contribution in [-0.4, -0.2) is 0 Å². The zero-order valence-corrected chi connectivity index (χ0v) is 6.60. The number of fused-ring (bicyclic) bond motifs is 2. The maximum Gasteiger partial charge on any atom is -0.0266 e. The summed E-state index contributed by atoms with van der Waals surface area (Å²) in [7, 11) is 0. The molecule has 0 nitrogen and oxygen atoms in total. The van der Waals surface area contributed by atoms with E-state index in [1.165, 1.54) is 11.8 Å². The van der Waals surface area contributed by atoms with Gasteiger partial charge in [-0.2, -0.15) is 0 Å². The summed E-state index contributed by atoms with van der Waals surface area (Å²) in [5.74, 6) is 2.42. The number of hydrogen-bond acceptors (Lipinski definition) is 0. The largest absolute Gasteiger partial charge is 0.0527 e. The zero-order chi connectivity index (χ0) is 6.60. The molecule has 10 heavy (non-hydrogen) atoms. The Hall–Kier alpha value is 0. The Balaban J connectivity index is 1.89. The van der Waals surface area contributed by atoms with E-state index in [0.29, 0.717) is 0 Å². The summed E-state index contributed by atoms with van der Waals surface area (Å²) in [5, 5.41) is 0. The lowest BCUT2D eigenvalue weighted by Gasteiger charge is -2.24. The summed E-state index contributed by atoms with van der Waals surface area (Å²) < 4.78 is 0. The van der Waals surface area contributed by atoms with Crippen LogP contribution >= 0.6 is 0 Å². The van der Waals surface area contributed by atoms with E-state index in [4.69, 9.17) is 0 Å². The standard InChI is InChI=1S/C10H16/c1-2-5-10(4-1)6-3-8-7-9(8)10/h8-9H,1-7H2. The first kappa shape index (κ1) is 5.62. The van der Waals surface area contributed by atoms with Crippen molar-refractivity contribution in [3.05, 3.63) is 0 Å². The van der Waals surface area contributed by atoms with Crippen LogP contribution in [0.1, 0.15) is 44.9 Å². The van der Waals surface area contributed by atoms with Gasteiger partial charge in [-0.15, -0.1) is 0 Å². The Labute approximate surface area is 63.0 Å². The number of hydrogen-bond donors (Lipinski definition) is 0. The van der Waals surface area contributed by atoms with Gasteiger partial charge < -0.3 is 0 Å². The second-order valence-electron chi connectivity index (χ2n) is 4.71. The highest BCUT2D eigenvalue weighted by molar-refractivity contribution is 5.07. The third-order valence-electron chi connectivity index (χ3n) is 4.32. The van der Waals surface area contributed by atoms with Gasteiger partial charge in [-0.25, -0.2) is 0 Å². The summed E-state index contributed by atoms with van der Waals surface area (Å²) in [6, 6.07) is 0. The van der Waals surface area contributed by atoms with Gasteiger partial charge in [0, 0.05) is 0 Å². The molecule has 2 unspecified atom stereocenters. The molecular weight excluding hydrogens is 120 g/mol. The summed E-state index contributed by atoms with van der Waals surface area (Å²) in [5.41, 5.74) is 0.921. The molecule has 0 bridgehead atoms. The summed E-state index contributed by atoms with van der Waals surface area (Å²) in [6.45, 7) is 0. The van der Waals surface area contributed by atoms with Crippen LogP contribution in [0, 0.1) is 17.3 Å². The molecule has 0 aliphatic heterocycles. The first-order valence-corrected chi connectivity index (χ1v) is 4.91. The SMILES string of the molecule is C1CCC2(C1)CCC1CC12. The Morgan fingerprint density at radius 3 is 2.30 bits per heavy atom. The summed E-state index contributed by atoms with van der Waals surface area (Å²) >= 11 is 0. The lowest BCUT2D eigenvalue weighted by Crippen LogP contribution is -2.14. The zero-order valence-electron chi connectivity index (χ0n) is 6.60. The lowest BCUT2D eigenvalue weighted by atomic mass is 9.81. The summed E-state index contributed by atoms with van der Waals surface area (Å²) in [6.07, 6.45) is 11.1. The number of rotatable bonds is 0. The first-order chi connectivity index (χ1) is 4.91. The fourth-order valence-corrected chi connectivity index (χ4v) is 3.67. The Kier molecular flexibility index (Phi) is 0.898. The third kappa shape index (κ3) is 0.538. The fourth-order valence-electron chi connectivity index (χ4n) is 3.67. The Morgan fingerprint density at radius 1 is 1.00 bits per heavy atom. The van der Waals surface area contributed by atoms with Gasteiger partial charge in [-0.05, 0) is 49.4 Å². The maximum atomic E-state index is 1.61. The molecule has 0 N–H and O–H groups in total. The predicted octanol–water partition coefficient (Wildman–Crippen LogP) is 2.98. The van der Waals surface area contributed by atoms with Crippen LogP contribution in [0.3, 0.4) is 0 Å². The van der Waals surface area contributed by atoms with Crippen molar-refractivity contribution in [1.82, 2.24) is 0 Å². The molecule has 0 amide bonds. The lowest BCUT2D eigenvalue weighted by molar-refractivity contribution is 0.261. The van der Waals surface area contributed by atoms with Crippen LogP contribution < -0.4 is 0 Å². The minimum Gasteiger partial charge on any atom is -0.0527 e. The van der Waals surface area contributed by atoms with Gasteiger partial charge in [0.1, 0.15) is 0 Å². The van der Waals surface area contributed by atoms with Gasteiger partial charge in [0.15, 0.2) is 0 Å². The van der Waals surface area contributed by atoms with E-state index in [-0.39, 0.29) is 0 Å². The van der Waals surface area contributed by atoms with Gasteiger partial charge in [0.25, 0.3) is 0 Å². The predicted molar refractivity (Wildman–Crippen MR) is 41.7 cm³/mol. The normalized spacial score (nSPS) is 48.0. The highest BCUT2D eigenvalue weighted by Crippen LogP contribution is 2.67. The van der Waals surface area contributed by atoms with E-state index in [2.05, 4.69) is 0 Å². The van der Waals surface area contributed by atoms with Gasteiger partial charge in [-0.3, -0.25) is 0 Å². The van der Waals surface area contributed by atoms with Crippen molar-refractivity contribution in [3.8, 4) is 0 Å². The molecule has 0 aromatic carbocycles. The van der Waals surface area contributed by atoms with Crippen LogP contribution in [0.4, 0.5) is 0 Å². The molecule has 0 heterocycles. The van der Waals surface area contributed by atoms with Crippen LogP contribution in [0.5, 0.6) is 0 Å². The van der Waals surface area contributed by atoms with Crippen molar-refractivity contribution in [2.45, 2.75) is 44.9 Å². The molecular formula is C10H16. The highest BCUT2D eigenvalue weighted by atomic mass is 14.6. The van der Waals surface area contributed by atoms with E-state index in [9.17, 15) is 0 Å². The second kappa shape index (κ2) is 1.60. The van der Waals surface area contributed by atoms with Crippen molar-refractivity contribution in [1.29, 1.82) is 0 Å². The first-order valence-electron chi connectivity index (χ1n) is 4.91. The topological polar surface area (TPSA) is 0 Å². The second-order valence-corrected chi connectivity index (χ2v) is 4.71. The van der Waals surface area contributed by atoms with Crippen molar-refractivity contribution < 1.29 is 0 Å². The average molecular weight is 136 g/mol. The van der Waals surface area contributed by atoms with Crippen molar-refractivity contribution >= 4 is 0 Å². The van der Waals surface area contributed by atoms with Crippen LogP contribution in [0.15, 0.2) is 0 Å². The van der Waals surface area contributed by atoms with Crippen molar-refractivity contribution in [2.24, 2.45) is 17.3 Å². The molecule has 2 atom stereocenters. The highest BCUT2D eigenvalue weighted by Gasteiger charge is 2.57. The molecule has 3 aliphatic rings. The minimum atomic E-state index is 0.921. The van der Waals surface area contributed by atoms with E-state index in [1.54, 1.807) is 44.9 Å². The molecule has 1 spiro atoms. The molecule has 0 heteroatoms. The molecule has 3 aliphatic carbocycles. The fraction of sp³-hybridized carbons (Fsp3) is 1.00. The molecule has 3 fully saturated rings. The van der Waals surface area contributed by atoms with Crippen LogP contribution in [0.2, 0.25) is 0 Å². The molecule has 56 valence electrons. The monoisotopic (exact) mass is 136 g/mol. The van der Waals surface area contributed by atoms with Gasteiger partial charge in [0.2, 0.25) is 0 Å². The average Bonchev–Trinajstić information content (AvgIpc) is 2.49. The van der Waals surface area contributed by atoms with Crippen LogP contribution in [-0.2, 0) is 0 Å². The smallest absolute Gasteiger partial charge is 0.0266 e. The Morgan fingerprint density at radius 2 is 1.80 bits per heavy atom. The van der Waals surface area contributed by atoms with E-state index >= 15 is 0 Å². The van der Waals surface area contributed by atoms with Gasteiger partial charge >= 0.3 is 0 Å². The quantitative estimate of drug-likeness (QED) is 0.480. The molecule has 0 radical (unpaired) electrons. The third-order valence-corrected chi connectivity index (χ3v) is 4.32. The van der Waals surface area contributed by atoms with Crippen LogP contribution in [0.25, 0.3) is 0 Å². The Bertz CT molecular complexity index is 148. The van der Waals surface area contributed by atoms with Crippen molar-refractivity contribution in [3.63, 3.8) is 0 Å². The molecule has 0 saturated heterocycles. The molecule has 3 rings (SSSR count). The van der Waals surface area contributed by atoms with E-state index < -0.39 is 0 Å². The van der Waals surface area contributed by atoms with Gasteiger partial charge in [0.05, 0.1) is 0 Å². The maximum absolute atomic E-state index is 1.61. The molecule has 0 aromatic heterocycles. The van der Waals surface area contributed by atoms with Crippen molar-refractivity contribution in [2.75, 3.05) is 0 Å². The van der Waals surface area contributed by atoms with E-state index in [1.807, 2.05) is 0 Å². The molecule has 3 saturated carbocycles. The summed E-state index contributed by atoms with van der Waals surface area (Å²) in [4.78, 5) is 0. The van der Waals surface area contributed by atoms with Gasteiger partial charge in [-0.1, -0.05) is 12.8 Å². The minimum absolute atomic E-state index is 0.921. The molecule has 0 aromatic rings.